The molecule has 5 rings (SSSR count). The van der Waals surface area contributed by atoms with Crippen LogP contribution in [-0.2, 0) is 6.42 Å². The molecule has 0 spiro atoms. The summed E-state index contributed by atoms with van der Waals surface area (Å²) >= 11 is 0. The fourth-order valence-electron chi connectivity index (χ4n) is 5.33. The van der Waals surface area contributed by atoms with Crippen LogP contribution in [0.3, 0.4) is 0 Å². The smallest absolute Gasteiger partial charge is 0.321 e. The van der Waals surface area contributed by atoms with Gasteiger partial charge in [0.25, 0.3) is 0 Å². The first-order chi connectivity index (χ1) is 19.0. The van der Waals surface area contributed by atoms with Crippen molar-refractivity contribution in [1.29, 1.82) is 0 Å². The van der Waals surface area contributed by atoms with Gasteiger partial charge in [-0.1, -0.05) is 52.3 Å². The Balaban J connectivity index is 1.32. The Hall–Kier alpha value is -3.64. The molecule has 204 valence electrons. The van der Waals surface area contributed by atoms with Crippen LogP contribution >= 0.6 is 8.58 Å². The summed E-state index contributed by atoms with van der Waals surface area (Å²) in [6, 6.07) is 15.4. The number of aromatic nitrogens is 3. The van der Waals surface area contributed by atoms with Crippen molar-refractivity contribution in [3.8, 4) is 17.0 Å². The van der Waals surface area contributed by atoms with Crippen molar-refractivity contribution in [2.45, 2.75) is 39.5 Å². The maximum Gasteiger partial charge on any atom is 0.321 e. The molecule has 2 aromatic heterocycles. The number of nitrogens with zero attached hydrogens (tertiary/aromatic N) is 4. The van der Waals surface area contributed by atoms with Crippen LogP contribution in [0, 0.1) is 12.8 Å². The minimum absolute atomic E-state index is 0.0276. The third-order valence-electron chi connectivity index (χ3n) is 7.41. The molecule has 8 nitrogen and oxygen atoms in total. The zero-order chi connectivity index (χ0) is 27.4. The maximum atomic E-state index is 13.3. The van der Waals surface area contributed by atoms with Gasteiger partial charge in [0.05, 0.1) is 11.9 Å². The Morgan fingerprint density at radius 3 is 2.85 bits per heavy atom. The highest BCUT2D eigenvalue weighted by molar-refractivity contribution is 7.46. The number of para-hydroxylation sites is 2. The fraction of sp³-hybridized carbons (Fsp3) is 0.367. The van der Waals surface area contributed by atoms with Crippen LogP contribution in [-0.4, -0.2) is 56.9 Å². The van der Waals surface area contributed by atoms with E-state index in [-0.39, 0.29) is 11.8 Å². The van der Waals surface area contributed by atoms with Gasteiger partial charge < -0.3 is 20.6 Å². The van der Waals surface area contributed by atoms with Crippen LogP contribution < -0.4 is 15.9 Å². The molecule has 1 aliphatic heterocycles. The average Bonchev–Trinajstić information content (AvgIpc) is 3.37. The highest BCUT2D eigenvalue weighted by Crippen LogP contribution is 2.30. The van der Waals surface area contributed by atoms with Crippen LogP contribution in [0.5, 0.6) is 5.75 Å². The number of nitrogens with one attached hydrogen (secondary N) is 2. The second kappa shape index (κ2) is 12.0. The topological polar surface area (TPSA) is 94.8 Å². The SMILES string of the molecule is CCCc1cccc(C)c1NC(=O)N1CCCC(CNc2cc(-c3ccccc3O)nc3c(PC)cnn23)C1. The molecule has 2 atom stereocenters. The van der Waals surface area contributed by atoms with E-state index in [1.807, 2.05) is 39.9 Å². The molecule has 39 heavy (non-hydrogen) atoms. The van der Waals surface area contributed by atoms with E-state index in [0.29, 0.717) is 38.8 Å². The van der Waals surface area contributed by atoms with Gasteiger partial charge >= 0.3 is 6.03 Å². The maximum absolute atomic E-state index is 13.3. The number of hydrogen-bond donors (Lipinski definition) is 3. The van der Waals surface area contributed by atoms with Crippen molar-refractivity contribution < 1.29 is 9.90 Å². The third-order valence-corrected chi connectivity index (χ3v) is 8.30. The van der Waals surface area contributed by atoms with E-state index in [1.165, 1.54) is 5.56 Å². The van der Waals surface area contributed by atoms with E-state index in [1.54, 1.807) is 6.07 Å². The van der Waals surface area contributed by atoms with E-state index >= 15 is 0 Å². The molecule has 3 N–H and O–H groups in total. The molecule has 0 aliphatic carbocycles. The summed E-state index contributed by atoms with van der Waals surface area (Å²) in [5, 5.41) is 22.9. The molecule has 0 saturated carbocycles. The van der Waals surface area contributed by atoms with Gasteiger partial charge in [0.1, 0.15) is 11.6 Å². The Morgan fingerprint density at radius 1 is 1.21 bits per heavy atom. The van der Waals surface area contributed by atoms with Crippen molar-refractivity contribution >= 4 is 37.1 Å². The molecule has 9 heteroatoms. The number of rotatable bonds is 8. The first-order valence-corrected chi connectivity index (χ1v) is 15.2. The quantitative estimate of drug-likeness (QED) is 0.249. The zero-order valence-corrected chi connectivity index (χ0v) is 23.9. The first kappa shape index (κ1) is 26.9. The van der Waals surface area contributed by atoms with E-state index in [4.69, 9.17) is 4.98 Å². The van der Waals surface area contributed by atoms with Crippen molar-refractivity contribution in [3.63, 3.8) is 0 Å². The molecule has 2 amide bonds. The molecular weight excluding hydrogens is 507 g/mol. The fourth-order valence-corrected chi connectivity index (χ4v) is 5.90. The summed E-state index contributed by atoms with van der Waals surface area (Å²) in [6.45, 7) is 8.48. The molecule has 1 aliphatic rings. The van der Waals surface area contributed by atoms with Crippen molar-refractivity contribution in [2.75, 3.05) is 36.9 Å². The molecule has 2 unspecified atom stereocenters. The molecule has 1 fully saturated rings. The van der Waals surface area contributed by atoms with Gasteiger partial charge in [-0.05, 0) is 62.0 Å². The standard InChI is InChI=1S/C30H37N6O2P/c1-4-9-22-12-7-10-20(2)28(22)34-30(38)35-15-8-11-21(19-35)17-31-27-16-24(23-13-5-6-14-25(23)37)33-29-26(39-3)18-32-36(27)29/h5-7,10,12-14,16,18,21,31,37,39H,4,8-9,11,15,17,19H2,1-3H3,(H,34,38). The number of aryl methyl sites for hydroxylation is 2. The number of likely N-dealkylation sites (tertiary alicyclic amines) is 1. The monoisotopic (exact) mass is 544 g/mol. The number of phenols is 1. The highest BCUT2D eigenvalue weighted by Gasteiger charge is 2.25. The Morgan fingerprint density at radius 2 is 2.05 bits per heavy atom. The number of urea groups is 1. The average molecular weight is 545 g/mol. The lowest BCUT2D eigenvalue weighted by Gasteiger charge is -2.33. The minimum Gasteiger partial charge on any atom is -0.507 e. The third kappa shape index (κ3) is 5.86. The van der Waals surface area contributed by atoms with Crippen LogP contribution in [0.1, 0.15) is 37.3 Å². The highest BCUT2D eigenvalue weighted by atomic mass is 31.1. The molecule has 0 bridgehead atoms. The van der Waals surface area contributed by atoms with Crippen LogP contribution in [0.2, 0.25) is 0 Å². The lowest BCUT2D eigenvalue weighted by molar-refractivity contribution is 0.180. The first-order valence-electron chi connectivity index (χ1n) is 13.7. The van der Waals surface area contributed by atoms with Crippen molar-refractivity contribution in [1.82, 2.24) is 19.5 Å². The number of carbonyl (C=O) groups excluding carboxylic acids is 1. The minimum atomic E-state index is -0.0276. The number of carbonyl (C=O) groups is 1. The van der Waals surface area contributed by atoms with Gasteiger partial charge in [0.15, 0.2) is 5.65 Å². The number of phenolic OH excluding ortho intramolecular Hbond substituents is 1. The van der Waals surface area contributed by atoms with Gasteiger partial charge in [-0.3, -0.25) is 0 Å². The summed E-state index contributed by atoms with van der Waals surface area (Å²) in [4.78, 5) is 20.1. The molecule has 4 aromatic rings. The van der Waals surface area contributed by atoms with Gasteiger partial charge in [0.2, 0.25) is 0 Å². The van der Waals surface area contributed by atoms with E-state index in [9.17, 15) is 9.90 Å². The Kier molecular flexibility index (Phi) is 8.32. The van der Waals surface area contributed by atoms with Crippen molar-refractivity contribution in [2.24, 2.45) is 5.92 Å². The second-order valence-corrected chi connectivity index (χ2v) is 11.3. The van der Waals surface area contributed by atoms with Crippen LogP contribution in [0.15, 0.2) is 54.7 Å². The number of aromatic hydroxyl groups is 1. The van der Waals surface area contributed by atoms with Crippen LogP contribution in [0.25, 0.3) is 16.9 Å². The normalized spacial score (nSPS) is 15.8. The molecular formula is C30H37N6O2P. The van der Waals surface area contributed by atoms with Gasteiger partial charge in [-0.15, -0.1) is 0 Å². The summed E-state index contributed by atoms with van der Waals surface area (Å²) in [5.74, 6) is 1.33. The number of amides is 2. The molecule has 1 saturated heterocycles. The van der Waals surface area contributed by atoms with Crippen molar-refractivity contribution in [3.05, 3.63) is 65.9 Å². The summed E-state index contributed by atoms with van der Waals surface area (Å²) < 4.78 is 1.84. The predicted octanol–water partition coefficient (Wildman–Crippen LogP) is 5.65. The largest absolute Gasteiger partial charge is 0.507 e. The summed E-state index contributed by atoms with van der Waals surface area (Å²) in [7, 11) is 0.554. The van der Waals surface area contributed by atoms with E-state index in [2.05, 4.69) is 54.4 Å². The Bertz CT molecular complexity index is 1470. The van der Waals surface area contributed by atoms with Gasteiger partial charge in [-0.2, -0.15) is 9.61 Å². The number of hydrogen-bond acceptors (Lipinski definition) is 5. The number of anilines is 2. The number of piperidine rings is 1. The number of benzene rings is 2. The number of fused-ring (bicyclic) bond motifs is 1. The van der Waals surface area contributed by atoms with E-state index in [0.717, 1.165) is 60.2 Å². The second-order valence-electron chi connectivity index (χ2n) is 10.2. The predicted molar refractivity (Wildman–Crippen MR) is 161 cm³/mol. The zero-order valence-electron chi connectivity index (χ0n) is 22.9. The molecule has 3 heterocycles. The lowest BCUT2D eigenvalue weighted by atomic mass is 9.98. The Labute approximate surface area is 231 Å². The molecule has 0 radical (unpaired) electrons. The summed E-state index contributed by atoms with van der Waals surface area (Å²) in [6.07, 6.45) is 5.86. The summed E-state index contributed by atoms with van der Waals surface area (Å²) in [5.41, 5.74) is 5.42. The lowest BCUT2D eigenvalue weighted by Crippen LogP contribution is -2.44. The van der Waals surface area contributed by atoms with Gasteiger partial charge in [-0.25, -0.2) is 9.78 Å². The van der Waals surface area contributed by atoms with Crippen LogP contribution in [0.4, 0.5) is 16.3 Å². The van der Waals surface area contributed by atoms with E-state index < -0.39 is 0 Å². The molecule has 2 aromatic carbocycles. The van der Waals surface area contributed by atoms with Gasteiger partial charge in [0, 0.05) is 42.3 Å².